The highest BCUT2D eigenvalue weighted by atomic mass is 16.5. The van der Waals surface area contributed by atoms with Gasteiger partial charge < -0.3 is 9.72 Å². The number of hydrogen-bond donors (Lipinski definition) is 1. The molecule has 1 aromatic heterocycles. The molecule has 18 heavy (non-hydrogen) atoms. The van der Waals surface area contributed by atoms with Crippen LogP contribution in [0.15, 0.2) is 41.3 Å². The zero-order valence-corrected chi connectivity index (χ0v) is 9.93. The van der Waals surface area contributed by atoms with Crippen molar-refractivity contribution in [1.82, 2.24) is 9.97 Å². The summed E-state index contributed by atoms with van der Waals surface area (Å²) in [5.41, 5.74) is 0.674. The molecule has 1 aromatic carbocycles. The molecule has 0 saturated heterocycles. The van der Waals surface area contributed by atoms with Crippen molar-refractivity contribution < 1.29 is 4.74 Å². The van der Waals surface area contributed by atoms with Crippen molar-refractivity contribution >= 4 is 0 Å². The van der Waals surface area contributed by atoms with Gasteiger partial charge in [-0.05, 0) is 30.9 Å². The molecule has 1 fully saturated rings. The second kappa shape index (κ2) is 4.64. The van der Waals surface area contributed by atoms with Crippen LogP contribution < -0.4 is 10.3 Å². The lowest BCUT2D eigenvalue weighted by atomic mass is 10.2. The number of hydrogen-bond acceptors (Lipinski definition) is 3. The van der Waals surface area contributed by atoms with E-state index in [0.717, 1.165) is 17.9 Å². The van der Waals surface area contributed by atoms with Gasteiger partial charge in [0.15, 0.2) is 0 Å². The molecule has 92 valence electrons. The quantitative estimate of drug-likeness (QED) is 0.894. The summed E-state index contributed by atoms with van der Waals surface area (Å²) in [6.07, 6.45) is 4.01. The maximum Gasteiger partial charge on any atom is 0.251 e. The third kappa shape index (κ3) is 2.42. The van der Waals surface area contributed by atoms with Crippen molar-refractivity contribution in [3.8, 4) is 17.1 Å². The second-order valence-electron chi connectivity index (χ2n) is 4.53. The summed E-state index contributed by atoms with van der Waals surface area (Å²) in [5.74, 6) is 2.02. The first-order valence-electron chi connectivity index (χ1n) is 6.10. The molecular weight excluding hydrogens is 228 g/mol. The van der Waals surface area contributed by atoms with Crippen molar-refractivity contribution in [2.45, 2.75) is 12.8 Å². The summed E-state index contributed by atoms with van der Waals surface area (Å²) in [4.78, 5) is 18.2. The Morgan fingerprint density at radius 3 is 2.89 bits per heavy atom. The number of nitrogens with one attached hydrogen (secondary N) is 1. The first-order chi connectivity index (χ1) is 8.83. The van der Waals surface area contributed by atoms with E-state index in [9.17, 15) is 4.79 Å². The molecule has 0 atom stereocenters. The standard InChI is InChI=1S/C14H14N2O2/c17-13-7-8-15-14(16-13)11-3-1-2-4-12(11)18-9-10-5-6-10/h1-4,7-8,10H,5-6,9H2,(H,15,16,17). The molecular formula is C14H14N2O2. The van der Waals surface area contributed by atoms with E-state index in [4.69, 9.17) is 4.74 Å². The fourth-order valence-electron chi connectivity index (χ4n) is 1.79. The number of aromatic nitrogens is 2. The van der Waals surface area contributed by atoms with E-state index in [1.54, 1.807) is 0 Å². The first-order valence-corrected chi connectivity index (χ1v) is 6.10. The zero-order chi connectivity index (χ0) is 12.4. The van der Waals surface area contributed by atoms with Crippen molar-refractivity contribution in [2.24, 2.45) is 5.92 Å². The fourth-order valence-corrected chi connectivity index (χ4v) is 1.79. The zero-order valence-electron chi connectivity index (χ0n) is 9.93. The number of nitrogens with zero attached hydrogens (tertiary/aromatic N) is 1. The Bertz CT molecular complexity index is 602. The molecule has 0 aliphatic heterocycles. The maximum absolute atomic E-state index is 11.3. The predicted molar refractivity (Wildman–Crippen MR) is 68.5 cm³/mol. The lowest BCUT2D eigenvalue weighted by Gasteiger charge is -2.10. The predicted octanol–water partition coefficient (Wildman–Crippen LogP) is 2.23. The fraction of sp³-hybridized carbons (Fsp3) is 0.286. The summed E-state index contributed by atoms with van der Waals surface area (Å²) in [7, 11) is 0. The van der Waals surface area contributed by atoms with Crippen LogP contribution in [0.5, 0.6) is 5.75 Å². The Balaban J connectivity index is 1.92. The van der Waals surface area contributed by atoms with E-state index in [-0.39, 0.29) is 5.56 Å². The molecule has 1 saturated carbocycles. The van der Waals surface area contributed by atoms with Crippen molar-refractivity contribution in [3.63, 3.8) is 0 Å². The van der Waals surface area contributed by atoms with Crippen LogP contribution in [0.25, 0.3) is 11.4 Å². The van der Waals surface area contributed by atoms with Gasteiger partial charge in [-0.1, -0.05) is 12.1 Å². The van der Waals surface area contributed by atoms with Crippen LogP contribution in [-0.2, 0) is 0 Å². The average Bonchev–Trinajstić information content (AvgIpc) is 3.21. The molecule has 1 heterocycles. The van der Waals surface area contributed by atoms with Crippen LogP contribution in [0.4, 0.5) is 0 Å². The van der Waals surface area contributed by atoms with E-state index in [0.29, 0.717) is 11.7 Å². The molecule has 3 rings (SSSR count). The Morgan fingerprint density at radius 2 is 2.11 bits per heavy atom. The number of H-pyrrole nitrogens is 1. The summed E-state index contributed by atoms with van der Waals surface area (Å²) in [6.45, 7) is 0.744. The van der Waals surface area contributed by atoms with Gasteiger partial charge in [0, 0.05) is 12.3 Å². The highest BCUT2D eigenvalue weighted by molar-refractivity contribution is 5.63. The third-order valence-corrected chi connectivity index (χ3v) is 2.98. The van der Waals surface area contributed by atoms with Gasteiger partial charge in [0.1, 0.15) is 11.6 Å². The summed E-state index contributed by atoms with van der Waals surface area (Å²) in [6, 6.07) is 9.04. The SMILES string of the molecule is O=c1ccnc(-c2ccccc2OCC2CC2)[nH]1. The van der Waals surface area contributed by atoms with Crippen LogP contribution in [0.2, 0.25) is 0 Å². The minimum Gasteiger partial charge on any atom is -0.493 e. The largest absolute Gasteiger partial charge is 0.493 e. The maximum atomic E-state index is 11.3. The molecule has 1 aliphatic rings. The van der Waals surface area contributed by atoms with Gasteiger partial charge in [0.25, 0.3) is 5.56 Å². The summed E-state index contributed by atoms with van der Waals surface area (Å²) in [5, 5.41) is 0. The van der Waals surface area contributed by atoms with Gasteiger partial charge in [-0.2, -0.15) is 0 Å². The first kappa shape index (κ1) is 11.0. The monoisotopic (exact) mass is 242 g/mol. The van der Waals surface area contributed by atoms with Crippen LogP contribution in [0, 0.1) is 5.92 Å². The minimum atomic E-state index is -0.156. The van der Waals surface area contributed by atoms with Crippen molar-refractivity contribution in [2.75, 3.05) is 6.61 Å². The van der Waals surface area contributed by atoms with Crippen LogP contribution in [0.1, 0.15) is 12.8 Å². The minimum absolute atomic E-state index is 0.156. The molecule has 1 aliphatic carbocycles. The molecule has 0 unspecified atom stereocenters. The van der Waals surface area contributed by atoms with Gasteiger partial charge in [0.05, 0.1) is 12.2 Å². The summed E-state index contributed by atoms with van der Waals surface area (Å²) < 4.78 is 5.79. The number of para-hydroxylation sites is 1. The normalized spacial score (nSPS) is 14.4. The average molecular weight is 242 g/mol. The Morgan fingerprint density at radius 1 is 1.28 bits per heavy atom. The van der Waals surface area contributed by atoms with Gasteiger partial charge in [-0.3, -0.25) is 4.79 Å². The molecule has 2 aromatic rings. The van der Waals surface area contributed by atoms with Gasteiger partial charge in [-0.25, -0.2) is 4.98 Å². The summed E-state index contributed by atoms with van der Waals surface area (Å²) >= 11 is 0. The van der Waals surface area contributed by atoms with Crippen LogP contribution >= 0.6 is 0 Å². The Hall–Kier alpha value is -2.10. The van der Waals surface area contributed by atoms with E-state index in [1.165, 1.54) is 25.1 Å². The van der Waals surface area contributed by atoms with E-state index in [1.807, 2.05) is 24.3 Å². The van der Waals surface area contributed by atoms with Crippen molar-refractivity contribution in [1.29, 1.82) is 0 Å². The molecule has 0 amide bonds. The van der Waals surface area contributed by atoms with Crippen LogP contribution in [0.3, 0.4) is 0 Å². The van der Waals surface area contributed by atoms with E-state index >= 15 is 0 Å². The number of rotatable bonds is 4. The lowest BCUT2D eigenvalue weighted by molar-refractivity contribution is 0.301. The third-order valence-electron chi connectivity index (χ3n) is 2.98. The van der Waals surface area contributed by atoms with E-state index in [2.05, 4.69) is 9.97 Å². The van der Waals surface area contributed by atoms with Gasteiger partial charge in [0.2, 0.25) is 0 Å². The smallest absolute Gasteiger partial charge is 0.251 e. The Labute approximate surface area is 105 Å². The second-order valence-corrected chi connectivity index (χ2v) is 4.53. The topological polar surface area (TPSA) is 55.0 Å². The molecule has 0 spiro atoms. The molecule has 0 bridgehead atoms. The molecule has 4 nitrogen and oxygen atoms in total. The number of aromatic amines is 1. The molecule has 1 N–H and O–H groups in total. The van der Waals surface area contributed by atoms with Gasteiger partial charge >= 0.3 is 0 Å². The molecule has 4 heteroatoms. The Kier molecular flexibility index (Phi) is 2.84. The lowest BCUT2D eigenvalue weighted by Crippen LogP contribution is -2.07. The highest BCUT2D eigenvalue weighted by Gasteiger charge is 2.22. The van der Waals surface area contributed by atoms with Gasteiger partial charge in [-0.15, -0.1) is 0 Å². The van der Waals surface area contributed by atoms with Crippen LogP contribution in [-0.4, -0.2) is 16.6 Å². The molecule has 0 radical (unpaired) electrons. The number of ether oxygens (including phenoxy) is 1. The number of benzene rings is 1. The van der Waals surface area contributed by atoms with Crippen molar-refractivity contribution in [3.05, 3.63) is 46.9 Å². The highest BCUT2D eigenvalue weighted by Crippen LogP contribution is 2.32. The van der Waals surface area contributed by atoms with E-state index < -0.39 is 0 Å².